The molecule has 5 nitrogen and oxygen atoms in total. The van der Waals surface area contributed by atoms with Crippen LogP contribution < -0.4 is 10.9 Å². The van der Waals surface area contributed by atoms with Gasteiger partial charge in [-0.15, -0.1) is 0 Å². The minimum absolute atomic E-state index is 0.180. The van der Waals surface area contributed by atoms with E-state index in [1.54, 1.807) is 6.07 Å². The molecule has 2 heterocycles. The van der Waals surface area contributed by atoms with Crippen molar-refractivity contribution >= 4 is 11.6 Å². The summed E-state index contributed by atoms with van der Waals surface area (Å²) in [6, 6.07) is 6.05. The molecule has 8 heteroatoms. The van der Waals surface area contributed by atoms with Crippen LogP contribution in [-0.4, -0.2) is 35.9 Å². The third-order valence-corrected chi connectivity index (χ3v) is 6.96. The molecule has 2 aliphatic rings. The molecule has 0 bridgehead atoms. The summed E-state index contributed by atoms with van der Waals surface area (Å²) < 4.78 is 40.6. The third kappa shape index (κ3) is 6.34. The van der Waals surface area contributed by atoms with Gasteiger partial charge in [0.05, 0.1) is 11.1 Å². The molecule has 2 aromatic rings. The van der Waals surface area contributed by atoms with Crippen LogP contribution in [0.3, 0.4) is 0 Å². The smallest absolute Gasteiger partial charge is 0.328 e. The second-order valence-corrected chi connectivity index (χ2v) is 9.56. The van der Waals surface area contributed by atoms with Crippen molar-refractivity contribution in [3.8, 4) is 11.8 Å². The number of H-pyrrole nitrogens is 1. The Kier molecular flexibility index (Phi) is 7.66. The Balaban J connectivity index is 1.66. The Bertz CT molecular complexity index is 1180. The number of anilines is 1. The van der Waals surface area contributed by atoms with E-state index in [9.17, 15) is 22.8 Å². The number of piperidine rings is 1. The Morgan fingerprint density at radius 3 is 2.49 bits per heavy atom. The number of likely N-dealkylation sites (tertiary alicyclic amines) is 1. The van der Waals surface area contributed by atoms with Gasteiger partial charge in [-0.3, -0.25) is 9.59 Å². The maximum absolute atomic E-state index is 13.5. The van der Waals surface area contributed by atoms with E-state index >= 15 is 0 Å². The monoisotopic (exact) mass is 485 g/mol. The average Bonchev–Trinajstić information content (AvgIpc) is 2.83. The van der Waals surface area contributed by atoms with Crippen LogP contribution in [0.25, 0.3) is 0 Å². The normalized spacial score (nSPS) is 18.1. The highest BCUT2D eigenvalue weighted by atomic mass is 19.4. The van der Waals surface area contributed by atoms with Crippen molar-refractivity contribution in [2.24, 2.45) is 5.92 Å². The van der Waals surface area contributed by atoms with Gasteiger partial charge in [-0.25, -0.2) is 0 Å². The summed E-state index contributed by atoms with van der Waals surface area (Å²) >= 11 is 0. The van der Waals surface area contributed by atoms with Crippen LogP contribution in [-0.2, 0) is 6.18 Å². The van der Waals surface area contributed by atoms with E-state index in [0.717, 1.165) is 56.1 Å². The van der Waals surface area contributed by atoms with E-state index in [0.29, 0.717) is 17.7 Å². The minimum Gasteiger partial charge on any atom is -0.328 e. The molecule has 0 unspecified atom stereocenters. The average molecular weight is 486 g/mol. The highest BCUT2D eigenvalue weighted by Crippen LogP contribution is 2.35. The number of hydrogen-bond donors (Lipinski definition) is 2. The fourth-order valence-electron chi connectivity index (χ4n) is 4.93. The van der Waals surface area contributed by atoms with Gasteiger partial charge >= 0.3 is 6.18 Å². The van der Waals surface area contributed by atoms with E-state index in [-0.39, 0.29) is 5.92 Å². The van der Waals surface area contributed by atoms with Gasteiger partial charge in [0.1, 0.15) is 0 Å². The molecule has 1 aromatic heterocycles. The quantitative estimate of drug-likeness (QED) is 0.573. The van der Waals surface area contributed by atoms with Gasteiger partial charge < -0.3 is 15.2 Å². The number of amides is 1. The fourth-order valence-corrected chi connectivity index (χ4v) is 4.93. The summed E-state index contributed by atoms with van der Waals surface area (Å²) in [7, 11) is 2.05. The Morgan fingerprint density at radius 1 is 1.09 bits per heavy atom. The van der Waals surface area contributed by atoms with E-state index < -0.39 is 28.8 Å². The number of rotatable bonds is 3. The number of aromatic nitrogens is 1. The van der Waals surface area contributed by atoms with E-state index in [1.807, 2.05) is 12.1 Å². The molecule has 0 spiro atoms. The van der Waals surface area contributed by atoms with E-state index in [4.69, 9.17) is 0 Å². The first-order valence-corrected chi connectivity index (χ1v) is 12.2. The topological polar surface area (TPSA) is 65.2 Å². The Morgan fingerprint density at radius 2 is 1.80 bits per heavy atom. The van der Waals surface area contributed by atoms with Crippen LogP contribution in [0.15, 0.2) is 35.3 Å². The second kappa shape index (κ2) is 10.7. The number of benzene rings is 1. The minimum atomic E-state index is -4.83. The molecule has 2 N–H and O–H groups in total. The molecule has 2 fully saturated rings. The van der Waals surface area contributed by atoms with Crippen molar-refractivity contribution in [3.05, 3.63) is 63.1 Å². The summed E-state index contributed by atoms with van der Waals surface area (Å²) in [5, 5.41) is 2.70. The highest BCUT2D eigenvalue weighted by Gasteiger charge is 2.36. The summed E-state index contributed by atoms with van der Waals surface area (Å²) in [6.07, 6.45) is 3.52. The van der Waals surface area contributed by atoms with Crippen molar-refractivity contribution < 1.29 is 18.0 Å². The zero-order chi connectivity index (χ0) is 25.0. The zero-order valence-corrected chi connectivity index (χ0v) is 19.8. The van der Waals surface area contributed by atoms with Crippen LogP contribution in [0.5, 0.6) is 0 Å². The summed E-state index contributed by atoms with van der Waals surface area (Å²) in [4.78, 5) is 28.9. The number of aromatic amines is 1. The first-order chi connectivity index (χ1) is 16.7. The SMILES string of the molecule is CN1CCC(c2ccc(C#CC3CCCCC3)cc2NC(=O)c2c[nH]c(=O)cc2C(F)(F)F)CC1. The maximum atomic E-state index is 13.5. The Hall–Kier alpha value is -3.05. The molecular formula is C27H30F3N3O2. The largest absolute Gasteiger partial charge is 0.417 e. The lowest BCUT2D eigenvalue weighted by Gasteiger charge is -2.30. The van der Waals surface area contributed by atoms with Crippen molar-refractivity contribution in [2.45, 2.75) is 57.0 Å². The fraction of sp³-hybridized carbons (Fsp3) is 0.481. The van der Waals surface area contributed by atoms with Gasteiger partial charge in [-0.2, -0.15) is 13.2 Å². The van der Waals surface area contributed by atoms with Crippen molar-refractivity contribution in [1.29, 1.82) is 0 Å². The number of nitrogens with zero attached hydrogens (tertiary/aromatic N) is 1. The number of hydrogen-bond acceptors (Lipinski definition) is 3. The van der Waals surface area contributed by atoms with Gasteiger partial charge in [0.25, 0.3) is 5.91 Å². The van der Waals surface area contributed by atoms with Crippen molar-refractivity contribution in [1.82, 2.24) is 9.88 Å². The number of alkyl halides is 3. The maximum Gasteiger partial charge on any atom is 0.417 e. The lowest BCUT2D eigenvalue weighted by molar-refractivity contribution is -0.138. The molecule has 0 atom stereocenters. The van der Waals surface area contributed by atoms with E-state index in [2.05, 4.69) is 34.1 Å². The zero-order valence-electron chi connectivity index (χ0n) is 19.8. The van der Waals surface area contributed by atoms with Crippen LogP contribution in [0.2, 0.25) is 0 Å². The van der Waals surface area contributed by atoms with Crippen LogP contribution in [0, 0.1) is 17.8 Å². The van der Waals surface area contributed by atoms with Crippen LogP contribution in [0.4, 0.5) is 18.9 Å². The van der Waals surface area contributed by atoms with Crippen molar-refractivity contribution in [3.63, 3.8) is 0 Å². The number of carbonyl (C=O) groups excluding carboxylic acids is 1. The predicted molar refractivity (Wildman–Crippen MR) is 129 cm³/mol. The highest BCUT2D eigenvalue weighted by molar-refractivity contribution is 6.05. The molecule has 1 aromatic carbocycles. The number of carbonyl (C=O) groups is 1. The second-order valence-electron chi connectivity index (χ2n) is 9.56. The summed E-state index contributed by atoms with van der Waals surface area (Å²) in [6.45, 7) is 1.80. The third-order valence-electron chi connectivity index (χ3n) is 6.96. The Labute approximate surface area is 203 Å². The summed E-state index contributed by atoms with van der Waals surface area (Å²) in [5.41, 5.74) is -0.703. The van der Waals surface area contributed by atoms with Gasteiger partial charge in [0.2, 0.25) is 5.56 Å². The molecule has 4 rings (SSSR count). The number of pyridine rings is 1. The van der Waals surface area contributed by atoms with Crippen molar-refractivity contribution in [2.75, 3.05) is 25.5 Å². The lowest BCUT2D eigenvalue weighted by Crippen LogP contribution is -2.30. The van der Waals surface area contributed by atoms with Gasteiger partial charge in [0.15, 0.2) is 0 Å². The summed E-state index contributed by atoms with van der Waals surface area (Å²) in [5.74, 6) is 6.16. The molecule has 1 amide bonds. The van der Waals surface area contributed by atoms with E-state index in [1.165, 1.54) is 19.3 Å². The van der Waals surface area contributed by atoms with Gasteiger partial charge in [-0.05, 0) is 69.4 Å². The molecule has 186 valence electrons. The first-order valence-electron chi connectivity index (χ1n) is 12.2. The molecule has 1 aliphatic heterocycles. The first kappa shape index (κ1) is 25.1. The molecule has 1 saturated carbocycles. The van der Waals surface area contributed by atoms with Gasteiger partial charge in [0, 0.05) is 29.4 Å². The number of nitrogens with one attached hydrogen (secondary N) is 2. The number of halogens is 3. The standard InChI is InChI=1S/C27H30F3N3O2/c1-33-13-11-20(12-14-33)21-10-9-19(8-7-18-5-3-2-4-6-18)15-24(21)32-26(35)22-17-31-25(34)16-23(22)27(28,29)30/h9-10,15-18,20H,2-6,11-14H2,1H3,(H,31,34)(H,32,35). The van der Waals surface area contributed by atoms with Gasteiger partial charge in [-0.1, -0.05) is 37.2 Å². The molecule has 0 radical (unpaired) electrons. The van der Waals surface area contributed by atoms with Crippen LogP contribution in [0.1, 0.15) is 77.9 Å². The van der Waals surface area contributed by atoms with Crippen LogP contribution >= 0.6 is 0 Å². The molecule has 1 aliphatic carbocycles. The molecule has 1 saturated heterocycles. The molecule has 35 heavy (non-hydrogen) atoms. The molecular weight excluding hydrogens is 455 g/mol. The predicted octanol–water partition coefficient (Wildman–Crippen LogP) is 5.39. The lowest BCUT2D eigenvalue weighted by atomic mass is 9.87.